The molecule has 0 spiro atoms. The predicted molar refractivity (Wildman–Crippen MR) is 83.8 cm³/mol. The normalized spacial score (nSPS) is 10.8. The first-order valence-electron chi connectivity index (χ1n) is 6.74. The van der Waals surface area contributed by atoms with Gasteiger partial charge in [-0.15, -0.1) is 0 Å². The second-order valence-electron chi connectivity index (χ2n) is 4.90. The number of hydrogen-bond donors (Lipinski definition) is 2. The van der Waals surface area contributed by atoms with Crippen molar-refractivity contribution in [2.45, 2.75) is 6.42 Å². The Balaban J connectivity index is 1.73. The molecule has 4 heteroatoms. The Bertz CT molecular complexity index is 716. The van der Waals surface area contributed by atoms with Gasteiger partial charge in [0, 0.05) is 19.3 Å². The number of aromatic nitrogens is 2. The Morgan fingerprint density at radius 2 is 1.95 bits per heavy atom. The van der Waals surface area contributed by atoms with E-state index in [1.165, 1.54) is 5.56 Å². The molecule has 4 nitrogen and oxygen atoms in total. The fourth-order valence-electron chi connectivity index (χ4n) is 2.34. The standard InChI is InChI=1S/C16H18N4/c1-20-15-8-7-13(17)11-14(15)19-16(20)18-10-9-12-5-3-2-4-6-12/h2-8,11H,9-10,17H2,1H3,(H,18,19). The highest BCUT2D eigenvalue weighted by Gasteiger charge is 2.07. The smallest absolute Gasteiger partial charge is 0.203 e. The molecule has 2 aromatic carbocycles. The molecular weight excluding hydrogens is 248 g/mol. The van der Waals surface area contributed by atoms with Gasteiger partial charge >= 0.3 is 0 Å². The number of nitrogens with zero attached hydrogens (tertiary/aromatic N) is 2. The summed E-state index contributed by atoms with van der Waals surface area (Å²) in [6.07, 6.45) is 0.978. The summed E-state index contributed by atoms with van der Waals surface area (Å²) in [6, 6.07) is 16.2. The van der Waals surface area contributed by atoms with Crippen molar-refractivity contribution in [3.05, 3.63) is 54.1 Å². The Hall–Kier alpha value is -2.49. The Labute approximate surface area is 118 Å². The van der Waals surface area contributed by atoms with E-state index in [0.29, 0.717) is 0 Å². The van der Waals surface area contributed by atoms with Gasteiger partial charge in [0.05, 0.1) is 11.0 Å². The molecule has 0 bridgehead atoms. The van der Waals surface area contributed by atoms with E-state index in [-0.39, 0.29) is 0 Å². The molecule has 20 heavy (non-hydrogen) atoms. The third-order valence-electron chi connectivity index (χ3n) is 3.44. The minimum Gasteiger partial charge on any atom is -0.399 e. The summed E-state index contributed by atoms with van der Waals surface area (Å²) in [4.78, 5) is 4.58. The van der Waals surface area contributed by atoms with Crippen LogP contribution in [0.5, 0.6) is 0 Å². The number of nitrogens with two attached hydrogens (primary N) is 1. The molecule has 1 aromatic heterocycles. The summed E-state index contributed by atoms with van der Waals surface area (Å²) in [5.74, 6) is 0.876. The van der Waals surface area contributed by atoms with Crippen molar-refractivity contribution in [2.75, 3.05) is 17.6 Å². The van der Waals surface area contributed by atoms with Crippen LogP contribution in [0.1, 0.15) is 5.56 Å². The van der Waals surface area contributed by atoms with E-state index in [0.717, 1.165) is 35.6 Å². The van der Waals surface area contributed by atoms with Gasteiger partial charge in [0.1, 0.15) is 0 Å². The van der Waals surface area contributed by atoms with Crippen LogP contribution in [0.2, 0.25) is 0 Å². The second kappa shape index (κ2) is 5.25. The lowest BCUT2D eigenvalue weighted by molar-refractivity contribution is 0.912. The largest absolute Gasteiger partial charge is 0.399 e. The first kappa shape index (κ1) is 12.5. The highest BCUT2D eigenvalue weighted by atomic mass is 15.2. The molecule has 0 saturated carbocycles. The van der Waals surface area contributed by atoms with Crippen molar-refractivity contribution in [1.82, 2.24) is 9.55 Å². The highest BCUT2D eigenvalue weighted by molar-refractivity contribution is 5.81. The maximum Gasteiger partial charge on any atom is 0.203 e. The monoisotopic (exact) mass is 266 g/mol. The minimum absolute atomic E-state index is 0.742. The molecule has 0 radical (unpaired) electrons. The van der Waals surface area contributed by atoms with E-state index in [1.54, 1.807) is 0 Å². The Kier molecular flexibility index (Phi) is 3.29. The number of fused-ring (bicyclic) bond motifs is 1. The quantitative estimate of drug-likeness (QED) is 0.714. The summed E-state index contributed by atoms with van der Waals surface area (Å²) >= 11 is 0. The molecule has 0 saturated heterocycles. The summed E-state index contributed by atoms with van der Waals surface area (Å²) < 4.78 is 2.06. The number of rotatable bonds is 4. The van der Waals surface area contributed by atoms with Gasteiger partial charge in [-0.05, 0) is 30.2 Å². The number of anilines is 2. The van der Waals surface area contributed by atoms with Gasteiger partial charge in [-0.3, -0.25) is 0 Å². The molecule has 0 aliphatic rings. The zero-order valence-corrected chi connectivity index (χ0v) is 11.5. The van der Waals surface area contributed by atoms with Gasteiger partial charge in [-0.2, -0.15) is 0 Å². The van der Waals surface area contributed by atoms with Crippen LogP contribution in [-0.4, -0.2) is 16.1 Å². The number of nitrogen functional groups attached to an aromatic ring is 1. The molecule has 0 atom stereocenters. The van der Waals surface area contributed by atoms with Crippen LogP contribution >= 0.6 is 0 Å². The molecule has 3 N–H and O–H groups in total. The molecule has 0 fully saturated rings. The van der Waals surface area contributed by atoms with Crippen LogP contribution in [0, 0.1) is 0 Å². The molecule has 3 rings (SSSR count). The number of imidazole rings is 1. The third kappa shape index (κ3) is 2.45. The van der Waals surface area contributed by atoms with Crippen LogP contribution in [0.4, 0.5) is 11.6 Å². The van der Waals surface area contributed by atoms with Crippen molar-refractivity contribution in [1.29, 1.82) is 0 Å². The van der Waals surface area contributed by atoms with E-state index in [9.17, 15) is 0 Å². The lowest BCUT2D eigenvalue weighted by atomic mass is 10.1. The molecule has 1 heterocycles. The van der Waals surface area contributed by atoms with Crippen molar-refractivity contribution in [3.63, 3.8) is 0 Å². The molecule has 0 unspecified atom stereocenters. The van der Waals surface area contributed by atoms with Crippen LogP contribution in [-0.2, 0) is 13.5 Å². The zero-order valence-electron chi connectivity index (χ0n) is 11.5. The SMILES string of the molecule is Cn1c(NCCc2ccccc2)nc2cc(N)ccc21. The van der Waals surface area contributed by atoms with Crippen LogP contribution in [0.3, 0.4) is 0 Å². The number of nitrogens with one attached hydrogen (secondary N) is 1. The minimum atomic E-state index is 0.742. The van der Waals surface area contributed by atoms with E-state index < -0.39 is 0 Å². The Morgan fingerprint density at radius 1 is 1.15 bits per heavy atom. The summed E-state index contributed by atoms with van der Waals surface area (Å²) in [5.41, 5.74) is 9.86. The lowest BCUT2D eigenvalue weighted by Crippen LogP contribution is -2.08. The summed E-state index contributed by atoms with van der Waals surface area (Å²) in [5, 5.41) is 3.38. The molecule has 0 aliphatic carbocycles. The van der Waals surface area contributed by atoms with E-state index >= 15 is 0 Å². The summed E-state index contributed by atoms with van der Waals surface area (Å²) in [7, 11) is 2.01. The van der Waals surface area contributed by atoms with Crippen molar-refractivity contribution in [3.8, 4) is 0 Å². The van der Waals surface area contributed by atoms with Crippen molar-refractivity contribution < 1.29 is 0 Å². The van der Waals surface area contributed by atoms with Crippen molar-refractivity contribution in [2.24, 2.45) is 7.05 Å². The maximum atomic E-state index is 5.79. The fraction of sp³-hybridized carbons (Fsp3) is 0.188. The van der Waals surface area contributed by atoms with Gasteiger partial charge in [0.2, 0.25) is 5.95 Å². The van der Waals surface area contributed by atoms with E-state index in [4.69, 9.17) is 5.73 Å². The highest BCUT2D eigenvalue weighted by Crippen LogP contribution is 2.20. The topological polar surface area (TPSA) is 55.9 Å². The van der Waals surface area contributed by atoms with E-state index in [2.05, 4.69) is 39.1 Å². The maximum absolute atomic E-state index is 5.79. The predicted octanol–water partition coefficient (Wildman–Crippen LogP) is 2.81. The van der Waals surface area contributed by atoms with Crippen LogP contribution in [0.15, 0.2) is 48.5 Å². The number of hydrogen-bond acceptors (Lipinski definition) is 3. The average molecular weight is 266 g/mol. The van der Waals surface area contributed by atoms with Gasteiger partial charge < -0.3 is 15.6 Å². The van der Waals surface area contributed by atoms with E-state index in [1.807, 2.05) is 31.3 Å². The third-order valence-corrected chi connectivity index (χ3v) is 3.44. The van der Waals surface area contributed by atoms with Gasteiger partial charge in [-0.1, -0.05) is 30.3 Å². The Morgan fingerprint density at radius 3 is 2.75 bits per heavy atom. The molecule has 0 amide bonds. The molecule has 3 aromatic rings. The molecule has 102 valence electrons. The number of aryl methyl sites for hydroxylation is 1. The zero-order chi connectivity index (χ0) is 13.9. The fourth-order valence-corrected chi connectivity index (χ4v) is 2.34. The lowest BCUT2D eigenvalue weighted by Gasteiger charge is -2.06. The van der Waals surface area contributed by atoms with Gasteiger partial charge in [-0.25, -0.2) is 4.98 Å². The van der Waals surface area contributed by atoms with Crippen LogP contribution < -0.4 is 11.1 Å². The van der Waals surface area contributed by atoms with Gasteiger partial charge in [0.25, 0.3) is 0 Å². The first-order chi connectivity index (χ1) is 9.74. The second-order valence-corrected chi connectivity index (χ2v) is 4.90. The average Bonchev–Trinajstić information content (AvgIpc) is 2.76. The summed E-state index contributed by atoms with van der Waals surface area (Å²) in [6.45, 7) is 0.858. The molecular formula is C16H18N4. The molecule has 0 aliphatic heterocycles. The first-order valence-corrected chi connectivity index (χ1v) is 6.74. The number of benzene rings is 2. The van der Waals surface area contributed by atoms with Crippen LogP contribution in [0.25, 0.3) is 11.0 Å². The van der Waals surface area contributed by atoms with Crippen molar-refractivity contribution >= 4 is 22.7 Å². The van der Waals surface area contributed by atoms with Gasteiger partial charge in [0.15, 0.2) is 0 Å².